The van der Waals surface area contributed by atoms with Gasteiger partial charge in [-0.1, -0.05) is 162 Å². The van der Waals surface area contributed by atoms with Crippen LogP contribution in [0.25, 0.3) is 0 Å². The Morgan fingerprint density at radius 3 is 0.333 bits per heavy atom. The molecule has 0 spiro atoms. The summed E-state index contributed by atoms with van der Waals surface area (Å²) in [5.74, 6) is 2.50. The highest BCUT2D eigenvalue weighted by atomic mass is 14.0. The molecule has 0 bridgehead atoms. The van der Waals surface area contributed by atoms with E-state index in [0.29, 0.717) is 0 Å². The van der Waals surface area contributed by atoms with Crippen molar-refractivity contribution in [2.45, 2.75) is 162 Å². The topological polar surface area (TPSA) is 0 Å². The monoisotopic (exact) mass is 391 g/mol. The van der Waals surface area contributed by atoms with Gasteiger partial charge in [0.2, 0.25) is 0 Å². The van der Waals surface area contributed by atoms with Crippen molar-refractivity contribution in [3.8, 4) is 0 Å². The number of rotatable bonds is 0. The van der Waals surface area contributed by atoms with E-state index in [4.69, 9.17) is 0 Å². The van der Waals surface area contributed by atoms with Crippen LogP contribution in [0.5, 0.6) is 0 Å². The minimum absolute atomic E-state index is 0. The Morgan fingerprint density at radius 2 is 0.296 bits per heavy atom. The minimum atomic E-state index is 0. The van der Waals surface area contributed by atoms with Crippen molar-refractivity contribution in [2.75, 3.05) is 0 Å². The van der Waals surface area contributed by atoms with Gasteiger partial charge in [0.25, 0.3) is 0 Å². The zero-order valence-electron chi connectivity index (χ0n) is 19.2. The van der Waals surface area contributed by atoms with E-state index in [9.17, 15) is 0 Å². The Labute approximate surface area is 179 Å². The highest BCUT2D eigenvalue weighted by Gasteiger charge is 1.96. The lowest BCUT2D eigenvalue weighted by atomic mass is 10.0. The molecule has 0 radical (unpaired) electrons. The van der Waals surface area contributed by atoms with Crippen molar-refractivity contribution in [3.63, 3.8) is 0 Å². The van der Waals surface area contributed by atoms with E-state index < -0.39 is 0 Å². The third-order valence-electron chi connectivity index (χ3n) is 2.60. The average molecular weight is 391 g/mol. The zero-order valence-corrected chi connectivity index (χ0v) is 19.2. The maximum absolute atomic E-state index is 2.17. The van der Waals surface area contributed by atoms with Gasteiger partial charge in [0.1, 0.15) is 0 Å². The van der Waals surface area contributed by atoms with Gasteiger partial charge < -0.3 is 0 Å². The lowest BCUT2D eigenvalue weighted by molar-refractivity contribution is 0.504. The SMILES string of the molecule is C.C.C.C1CC1.C1CCC1.C1CCCC1.CC(C)C.CC(C)C.CC(C)C. The molecule has 0 heteroatoms. The van der Waals surface area contributed by atoms with Crippen LogP contribution in [0.2, 0.25) is 0 Å². The molecule has 3 aliphatic carbocycles. The van der Waals surface area contributed by atoms with Gasteiger partial charge >= 0.3 is 0 Å². The fourth-order valence-corrected chi connectivity index (χ4v) is 1.13. The molecule has 0 atom stereocenters. The van der Waals surface area contributed by atoms with Crippen LogP contribution in [-0.4, -0.2) is 0 Å². The molecule has 27 heavy (non-hydrogen) atoms. The van der Waals surface area contributed by atoms with Crippen LogP contribution in [-0.2, 0) is 0 Å². The average Bonchev–Trinajstić information content (AvgIpc) is 3.07. The normalized spacial score (nSPS) is 14.7. The van der Waals surface area contributed by atoms with Crippen LogP contribution in [0.15, 0.2) is 0 Å². The first-order valence-electron chi connectivity index (χ1n) is 11.2. The molecule has 0 amide bonds. The second-order valence-corrected chi connectivity index (χ2v) is 9.44. The van der Waals surface area contributed by atoms with Crippen molar-refractivity contribution in [1.82, 2.24) is 0 Å². The predicted octanol–water partition coefficient (Wildman–Crippen LogP) is 11.6. The van der Waals surface area contributed by atoms with Crippen LogP contribution in [0, 0.1) is 17.8 Å². The summed E-state index contributed by atoms with van der Waals surface area (Å²) >= 11 is 0. The summed E-state index contributed by atoms with van der Waals surface area (Å²) in [6.07, 6.45) is 18.0. The molecule has 3 aliphatic rings. The summed E-state index contributed by atoms with van der Waals surface area (Å²) in [6.45, 7) is 19.5. The van der Waals surface area contributed by atoms with Gasteiger partial charge in [-0.3, -0.25) is 0 Å². The standard InChI is InChI=1S/C5H10.C4H8.3C4H10.C3H6.3CH4/c1-2-4-5-3-1;1-2-4-3-1;3*1-4(2)3;1-2-3-1;;;/h1-5H2;1-4H2;3*4H,1-3H3;1-3H2;3*1H4. The summed E-state index contributed by atoms with van der Waals surface area (Å²) in [7, 11) is 0. The molecule has 0 aromatic heterocycles. The third-order valence-corrected chi connectivity index (χ3v) is 2.60. The molecule has 0 aliphatic heterocycles. The second-order valence-electron chi connectivity index (χ2n) is 9.44. The summed E-state index contributed by atoms with van der Waals surface area (Å²) in [6, 6.07) is 0. The molecule has 0 aromatic rings. The Hall–Kier alpha value is 0. The Morgan fingerprint density at radius 1 is 0.259 bits per heavy atom. The molecule has 0 aromatic carbocycles. The lowest BCUT2D eigenvalue weighted by Crippen LogP contribution is -1.85. The van der Waals surface area contributed by atoms with Crippen LogP contribution >= 0.6 is 0 Å². The summed E-state index contributed by atoms with van der Waals surface area (Å²) < 4.78 is 0. The van der Waals surface area contributed by atoms with Crippen LogP contribution < -0.4 is 0 Å². The highest BCUT2D eigenvalue weighted by Crippen LogP contribution is 2.15. The zero-order chi connectivity index (χ0) is 19.2. The van der Waals surface area contributed by atoms with Gasteiger partial charge in [-0.25, -0.2) is 0 Å². The van der Waals surface area contributed by atoms with Gasteiger partial charge in [0.15, 0.2) is 0 Å². The summed E-state index contributed by atoms with van der Waals surface area (Å²) in [5, 5.41) is 0. The van der Waals surface area contributed by atoms with Gasteiger partial charge in [0.05, 0.1) is 0 Å². The first kappa shape index (κ1) is 41.4. The van der Waals surface area contributed by atoms with E-state index in [1.165, 1.54) is 77.0 Å². The fraction of sp³-hybridized carbons (Fsp3) is 1.00. The van der Waals surface area contributed by atoms with E-state index in [0.717, 1.165) is 17.8 Å². The van der Waals surface area contributed by atoms with Gasteiger partial charge in [0, 0.05) is 0 Å². The van der Waals surface area contributed by atoms with Crippen LogP contribution in [0.4, 0.5) is 0 Å². The van der Waals surface area contributed by atoms with E-state index >= 15 is 0 Å². The molecule has 0 heterocycles. The summed E-state index contributed by atoms with van der Waals surface area (Å²) in [4.78, 5) is 0. The highest BCUT2D eigenvalue weighted by molar-refractivity contribution is 4.51. The first-order chi connectivity index (χ1) is 11.2. The second kappa shape index (κ2) is 36.8. The first-order valence-corrected chi connectivity index (χ1v) is 11.2. The third kappa shape index (κ3) is 150. The molecule has 0 unspecified atom stereocenters. The van der Waals surface area contributed by atoms with Crippen molar-refractivity contribution in [1.29, 1.82) is 0 Å². The van der Waals surface area contributed by atoms with Crippen molar-refractivity contribution in [3.05, 3.63) is 0 Å². The number of hydrogen-bond acceptors (Lipinski definition) is 0. The molecule has 3 fully saturated rings. The number of hydrogen-bond donors (Lipinski definition) is 0. The molecule has 174 valence electrons. The molecule has 0 saturated heterocycles. The molecular weight excluding hydrogens is 324 g/mol. The van der Waals surface area contributed by atoms with Crippen molar-refractivity contribution >= 4 is 0 Å². The van der Waals surface area contributed by atoms with Gasteiger partial charge in [-0.15, -0.1) is 0 Å². The van der Waals surface area contributed by atoms with Crippen molar-refractivity contribution < 1.29 is 0 Å². The Kier molecular flexibility index (Phi) is 56.5. The van der Waals surface area contributed by atoms with E-state index in [-0.39, 0.29) is 22.3 Å². The smallest absolute Gasteiger partial charge is 0.0500 e. The van der Waals surface area contributed by atoms with Crippen LogP contribution in [0.1, 0.15) is 162 Å². The Balaban J connectivity index is -0.0000000482. The van der Waals surface area contributed by atoms with Gasteiger partial charge in [-0.05, 0) is 17.8 Å². The Bertz CT molecular complexity index is 132. The molecular formula is C27H66. The maximum atomic E-state index is 2.17. The molecule has 0 nitrogen and oxygen atoms in total. The van der Waals surface area contributed by atoms with Gasteiger partial charge in [-0.2, -0.15) is 0 Å². The predicted molar refractivity (Wildman–Crippen MR) is 137 cm³/mol. The van der Waals surface area contributed by atoms with E-state index in [1.54, 1.807) is 0 Å². The largest absolute Gasteiger partial charge is 0.0776 e. The maximum Gasteiger partial charge on any atom is -0.0500 e. The fourth-order valence-electron chi connectivity index (χ4n) is 1.13. The lowest BCUT2D eigenvalue weighted by Gasteiger charge is -2.05. The molecule has 3 saturated carbocycles. The van der Waals surface area contributed by atoms with E-state index in [1.807, 2.05) is 0 Å². The quantitative estimate of drug-likeness (QED) is 0.385. The molecule has 0 N–H and O–H groups in total. The summed E-state index contributed by atoms with van der Waals surface area (Å²) in [5.41, 5.74) is 0. The van der Waals surface area contributed by atoms with Crippen molar-refractivity contribution in [2.24, 2.45) is 17.8 Å². The van der Waals surface area contributed by atoms with E-state index in [2.05, 4.69) is 62.3 Å². The molecule has 3 rings (SSSR count). The minimum Gasteiger partial charge on any atom is -0.0776 e. The van der Waals surface area contributed by atoms with Crippen LogP contribution in [0.3, 0.4) is 0 Å².